The van der Waals surface area contributed by atoms with E-state index in [-0.39, 0.29) is 44.7 Å². The molecule has 2 aliphatic rings. The zero-order valence-corrected chi connectivity index (χ0v) is 20.0. The Labute approximate surface area is 192 Å². The fraction of sp³-hybridized carbons (Fsp3) is 0.550. The van der Waals surface area contributed by atoms with E-state index in [4.69, 9.17) is 4.74 Å². The van der Waals surface area contributed by atoms with Gasteiger partial charge in [-0.1, -0.05) is 12.1 Å². The summed E-state index contributed by atoms with van der Waals surface area (Å²) in [6.07, 6.45) is 3.38. The second-order valence-electron chi connectivity index (χ2n) is 6.41. The van der Waals surface area contributed by atoms with E-state index in [2.05, 4.69) is 70.6 Å². The largest absolute Gasteiger partial charge is 0.469 e. The lowest BCUT2D eigenvalue weighted by atomic mass is 9.76. The van der Waals surface area contributed by atoms with Gasteiger partial charge in [0.15, 0.2) is 0 Å². The fourth-order valence-corrected chi connectivity index (χ4v) is 4.34. The molecule has 2 aliphatic heterocycles. The molecule has 2 fully saturated rings. The number of benzene rings is 1. The number of hydrogen-bond donors (Lipinski definition) is 0. The topological polar surface area (TPSA) is 219 Å². The van der Waals surface area contributed by atoms with Gasteiger partial charge in [0, 0.05) is 21.6 Å². The lowest BCUT2D eigenvalue weighted by Gasteiger charge is -2.41. The molecule has 2 heterocycles. The van der Waals surface area contributed by atoms with E-state index < -0.39 is 0 Å². The molecule has 0 radical (unpaired) electrons. The SMILES string of the molecule is CC#CC.COC(=O)C1C(c2ccc(I)cc2)CC2CCC1N2C.O.O.O.O.O.O. The van der Waals surface area contributed by atoms with Crippen LogP contribution in [0.2, 0.25) is 0 Å². The van der Waals surface area contributed by atoms with Crippen LogP contribution in [-0.2, 0) is 9.53 Å². The van der Waals surface area contributed by atoms with Gasteiger partial charge in [0.1, 0.15) is 0 Å². The highest BCUT2D eigenvalue weighted by molar-refractivity contribution is 14.1. The summed E-state index contributed by atoms with van der Waals surface area (Å²) in [6.45, 7) is 3.64. The molecule has 1 aromatic rings. The van der Waals surface area contributed by atoms with Gasteiger partial charge in [-0.3, -0.25) is 9.69 Å². The zero-order chi connectivity index (χ0) is 17.7. The molecule has 2 saturated heterocycles. The first kappa shape index (κ1) is 39.2. The van der Waals surface area contributed by atoms with Gasteiger partial charge in [-0.2, -0.15) is 0 Å². The van der Waals surface area contributed by atoms with Crippen molar-refractivity contribution in [3.63, 3.8) is 0 Å². The summed E-state index contributed by atoms with van der Waals surface area (Å²) in [5.41, 5.74) is 1.28. The number of fused-ring (bicyclic) bond motifs is 2. The third kappa shape index (κ3) is 8.83. The predicted octanol–water partition coefficient (Wildman–Crippen LogP) is -0.888. The summed E-state index contributed by atoms with van der Waals surface area (Å²) in [4.78, 5) is 14.7. The van der Waals surface area contributed by atoms with E-state index in [0.29, 0.717) is 18.0 Å². The zero-order valence-electron chi connectivity index (χ0n) is 17.9. The molecule has 0 amide bonds. The van der Waals surface area contributed by atoms with Crippen molar-refractivity contribution < 1.29 is 42.4 Å². The minimum atomic E-state index is -0.0502. The number of rotatable bonds is 2. The Morgan fingerprint density at radius 2 is 1.50 bits per heavy atom. The number of esters is 1. The van der Waals surface area contributed by atoms with Crippen LogP contribution >= 0.6 is 22.6 Å². The maximum Gasteiger partial charge on any atom is 0.310 e. The Balaban J connectivity index is -0.000000193. The third-order valence-corrected chi connectivity index (χ3v) is 6.01. The molecule has 0 saturated carbocycles. The average molecular weight is 547 g/mol. The molecule has 2 bridgehead atoms. The number of methoxy groups -OCH3 is 1. The molecule has 178 valence electrons. The molecule has 9 nitrogen and oxygen atoms in total. The highest BCUT2D eigenvalue weighted by Crippen LogP contribution is 2.46. The molecule has 4 unspecified atom stereocenters. The van der Waals surface area contributed by atoms with Gasteiger partial charge < -0.3 is 37.6 Å². The van der Waals surface area contributed by atoms with E-state index in [9.17, 15) is 4.79 Å². The quantitative estimate of drug-likeness (QED) is 0.262. The monoisotopic (exact) mass is 547 g/mol. The first-order valence-electron chi connectivity index (χ1n) is 8.42. The second-order valence-corrected chi connectivity index (χ2v) is 7.65. The van der Waals surface area contributed by atoms with Crippen molar-refractivity contribution in [2.24, 2.45) is 5.92 Å². The van der Waals surface area contributed by atoms with Crippen LogP contribution in [0.4, 0.5) is 0 Å². The van der Waals surface area contributed by atoms with E-state index in [1.165, 1.54) is 22.7 Å². The summed E-state index contributed by atoms with van der Waals surface area (Å²) in [7, 11) is 3.66. The van der Waals surface area contributed by atoms with Crippen molar-refractivity contribution in [1.29, 1.82) is 0 Å². The Morgan fingerprint density at radius 3 is 1.93 bits per heavy atom. The van der Waals surface area contributed by atoms with Gasteiger partial charge >= 0.3 is 5.97 Å². The molecule has 0 aromatic heterocycles. The van der Waals surface area contributed by atoms with Crippen LogP contribution in [0.3, 0.4) is 0 Å². The van der Waals surface area contributed by atoms with Crippen LogP contribution in [0.25, 0.3) is 0 Å². The van der Waals surface area contributed by atoms with Gasteiger partial charge in [-0.05, 0) is 80.4 Å². The molecule has 4 atom stereocenters. The number of ether oxygens (including phenoxy) is 1. The van der Waals surface area contributed by atoms with Crippen molar-refractivity contribution in [3.05, 3.63) is 33.4 Å². The molecular weight excluding hydrogens is 509 g/mol. The number of carbonyl (C=O) groups is 1. The molecule has 1 aromatic carbocycles. The molecule has 0 aliphatic carbocycles. The summed E-state index contributed by atoms with van der Waals surface area (Å²) in [5.74, 6) is 5.59. The minimum Gasteiger partial charge on any atom is -0.469 e. The van der Waals surface area contributed by atoms with E-state index in [1.54, 1.807) is 0 Å². The maximum absolute atomic E-state index is 12.3. The van der Waals surface area contributed by atoms with Gasteiger partial charge in [0.25, 0.3) is 0 Å². The smallest absolute Gasteiger partial charge is 0.310 e. The number of piperidine rings is 1. The van der Waals surface area contributed by atoms with Crippen LogP contribution in [0.15, 0.2) is 24.3 Å². The lowest BCUT2D eigenvalue weighted by molar-refractivity contribution is -0.150. The summed E-state index contributed by atoms with van der Waals surface area (Å²) < 4.78 is 6.33. The number of nitrogens with zero attached hydrogens (tertiary/aromatic N) is 1. The molecule has 3 rings (SSSR count). The first-order valence-corrected chi connectivity index (χ1v) is 9.50. The standard InChI is InChI=1S/C16H20INO2.C4H6.6H2O/c1-18-12-7-8-14(18)15(16(19)20-2)13(9-12)10-3-5-11(17)6-4-10;1-3-4-2;;;;;;/h3-6,12-15H,7-9H2,1-2H3;1-2H3;6*1H2. The van der Waals surface area contributed by atoms with Crippen molar-refractivity contribution in [1.82, 2.24) is 4.90 Å². The maximum atomic E-state index is 12.3. The van der Waals surface area contributed by atoms with E-state index >= 15 is 0 Å². The highest BCUT2D eigenvalue weighted by Gasteiger charge is 2.49. The van der Waals surface area contributed by atoms with Crippen molar-refractivity contribution in [3.8, 4) is 11.8 Å². The summed E-state index contributed by atoms with van der Waals surface area (Å²) in [5, 5.41) is 0. The van der Waals surface area contributed by atoms with E-state index in [1.807, 2.05) is 13.8 Å². The van der Waals surface area contributed by atoms with E-state index in [0.717, 1.165) is 12.8 Å². The Kier molecular flexibility index (Phi) is 24.1. The van der Waals surface area contributed by atoms with Gasteiger partial charge in [-0.15, -0.1) is 11.8 Å². The Hall–Kier alpha value is -1.30. The van der Waals surface area contributed by atoms with Gasteiger partial charge in [-0.25, -0.2) is 0 Å². The van der Waals surface area contributed by atoms with Gasteiger partial charge in [0.2, 0.25) is 0 Å². The average Bonchev–Trinajstić information content (AvgIpc) is 2.84. The Morgan fingerprint density at radius 1 is 1.00 bits per heavy atom. The summed E-state index contributed by atoms with van der Waals surface area (Å²) in [6, 6.07) is 9.56. The second kappa shape index (κ2) is 18.5. The van der Waals surface area contributed by atoms with Crippen LogP contribution in [0, 0.1) is 21.3 Å². The normalized spacial score (nSPS) is 22.6. The number of carbonyl (C=O) groups excluding carboxylic acids is 1. The van der Waals surface area contributed by atoms with Crippen molar-refractivity contribution >= 4 is 28.6 Å². The van der Waals surface area contributed by atoms with Crippen LogP contribution < -0.4 is 0 Å². The molecule has 30 heavy (non-hydrogen) atoms. The number of hydrogen-bond acceptors (Lipinski definition) is 3. The number of halogens is 1. The minimum absolute atomic E-state index is 0. The van der Waals surface area contributed by atoms with Gasteiger partial charge in [0.05, 0.1) is 13.0 Å². The summed E-state index contributed by atoms with van der Waals surface area (Å²) >= 11 is 2.32. The molecular formula is C20H38INO8. The highest BCUT2D eigenvalue weighted by atomic mass is 127. The molecule has 0 spiro atoms. The van der Waals surface area contributed by atoms with Crippen LogP contribution in [0.5, 0.6) is 0 Å². The van der Waals surface area contributed by atoms with Crippen LogP contribution in [0.1, 0.15) is 44.6 Å². The molecule has 12 N–H and O–H groups in total. The van der Waals surface area contributed by atoms with Crippen LogP contribution in [-0.4, -0.2) is 70.0 Å². The first-order chi connectivity index (χ1) is 11.5. The predicted molar refractivity (Wildman–Crippen MR) is 127 cm³/mol. The van der Waals surface area contributed by atoms with Crippen molar-refractivity contribution in [2.75, 3.05) is 14.2 Å². The third-order valence-electron chi connectivity index (χ3n) is 5.29. The fourth-order valence-electron chi connectivity index (χ4n) is 3.98. The van der Waals surface area contributed by atoms with Crippen molar-refractivity contribution in [2.45, 2.75) is 51.1 Å². The Bertz CT molecular complexity index is 626. The lowest BCUT2D eigenvalue weighted by Crippen LogP contribution is -2.49. The molecule has 10 heteroatoms.